The lowest BCUT2D eigenvalue weighted by Gasteiger charge is -2.00. The Morgan fingerprint density at radius 2 is 2.22 bits per heavy atom. The number of hydrogen-bond donors (Lipinski definition) is 0. The van der Waals surface area contributed by atoms with Gasteiger partial charge < -0.3 is 4.74 Å². The molecule has 18 heavy (non-hydrogen) atoms. The molecular weight excluding hydrogens is 230 g/mol. The predicted molar refractivity (Wildman–Crippen MR) is 65.5 cm³/mol. The second kappa shape index (κ2) is 4.40. The predicted octanol–water partition coefficient (Wildman–Crippen LogP) is 2.17. The highest BCUT2D eigenvalue weighted by atomic mass is 16.5. The number of carbonyl (C=O) groups is 1. The minimum absolute atomic E-state index is 0.345. The molecule has 1 aliphatic carbocycles. The molecule has 3 rings (SSSR count). The summed E-state index contributed by atoms with van der Waals surface area (Å²) in [6, 6.07) is 3.42. The number of carbonyl (C=O) groups excluding carboxylic acids is 1. The Hall–Kier alpha value is -1.91. The van der Waals surface area contributed by atoms with E-state index in [0.29, 0.717) is 17.1 Å². The van der Waals surface area contributed by atoms with Crippen molar-refractivity contribution in [3.8, 4) is 0 Å². The summed E-state index contributed by atoms with van der Waals surface area (Å²) in [4.78, 5) is 16.0. The molecule has 0 aromatic carbocycles. The molecule has 1 fully saturated rings. The number of rotatable bonds is 2. The van der Waals surface area contributed by atoms with Gasteiger partial charge in [0.05, 0.1) is 12.7 Å². The van der Waals surface area contributed by atoms with Crippen LogP contribution in [0.2, 0.25) is 0 Å². The van der Waals surface area contributed by atoms with E-state index in [2.05, 4.69) is 10.1 Å². The number of hydrogen-bond acceptors (Lipinski definition) is 4. The van der Waals surface area contributed by atoms with Crippen molar-refractivity contribution in [2.75, 3.05) is 7.11 Å². The fourth-order valence-electron chi connectivity index (χ4n) is 2.50. The van der Waals surface area contributed by atoms with E-state index in [1.54, 1.807) is 22.8 Å². The van der Waals surface area contributed by atoms with Crippen molar-refractivity contribution >= 4 is 11.6 Å². The van der Waals surface area contributed by atoms with Gasteiger partial charge in [0, 0.05) is 12.1 Å². The summed E-state index contributed by atoms with van der Waals surface area (Å²) in [7, 11) is 1.38. The maximum atomic E-state index is 11.4. The van der Waals surface area contributed by atoms with Crippen molar-refractivity contribution < 1.29 is 9.53 Å². The van der Waals surface area contributed by atoms with Crippen molar-refractivity contribution in [1.82, 2.24) is 14.6 Å². The summed E-state index contributed by atoms with van der Waals surface area (Å²) in [5, 5.41) is 4.47. The lowest BCUT2D eigenvalue weighted by atomic mass is 10.1. The molecule has 0 amide bonds. The van der Waals surface area contributed by atoms with Gasteiger partial charge >= 0.3 is 5.97 Å². The molecule has 0 radical (unpaired) electrons. The van der Waals surface area contributed by atoms with Gasteiger partial charge in [-0.3, -0.25) is 0 Å². The standard InChI is InChI=1S/C13H15N3O2/c1-18-13(17)10-6-7-16-11(8-10)14-12(15-16)9-4-2-3-5-9/h6-9H,2-5H2,1H3. The zero-order chi connectivity index (χ0) is 12.5. The fraction of sp³-hybridized carbons (Fsp3) is 0.462. The summed E-state index contributed by atoms with van der Waals surface area (Å²) in [6.45, 7) is 0. The van der Waals surface area contributed by atoms with E-state index in [4.69, 9.17) is 4.74 Å². The van der Waals surface area contributed by atoms with Crippen molar-refractivity contribution in [2.45, 2.75) is 31.6 Å². The topological polar surface area (TPSA) is 56.5 Å². The lowest BCUT2D eigenvalue weighted by Crippen LogP contribution is -2.02. The monoisotopic (exact) mass is 245 g/mol. The van der Waals surface area contributed by atoms with Gasteiger partial charge in [-0.2, -0.15) is 5.10 Å². The fourth-order valence-corrected chi connectivity index (χ4v) is 2.50. The van der Waals surface area contributed by atoms with Crippen LogP contribution in [0, 0.1) is 0 Å². The molecule has 1 aliphatic rings. The first-order chi connectivity index (χ1) is 8.78. The molecule has 0 aliphatic heterocycles. The second-order valence-electron chi connectivity index (χ2n) is 4.66. The first-order valence-corrected chi connectivity index (χ1v) is 6.22. The number of ether oxygens (including phenoxy) is 1. The van der Waals surface area contributed by atoms with Crippen molar-refractivity contribution in [1.29, 1.82) is 0 Å². The Morgan fingerprint density at radius 1 is 1.44 bits per heavy atom. The molecular formula is C13H15N3O2. The van der Waals surface area contributed by atoms with Gasteiger partial charge in [-0.1, -0.05) is 12.8 Å². The summed E-state index contributed by atoms with van der Waals surface area (Å²) in [6.07, 6.45) is 6.61. The van der Waals surface area contributed by atoms with Gasteiger partial charge in [0.1, 0.15) is 0 Å². The SMILES string of the molecule is COC(=O)c1ccn2nc(C3CCCC3)nc2c1. The maximum Gasteiger partial charge on any atom is 0.338 e. The van der Waals surface area contributed by atoms with Gasteiger partial charge in [-0.25, -0.2) is 14.3 Å². The minimum Gasteiger partial charge on any atom is -0.465 e. The number of pyridine rings is 1. The van der Waals surface area contributed by atoms with E-state index < -0.39 is 0 Å². The quantitative estimate of drug-likeness (QED) is 0.761. The highest BCUT2D eigenvalue weighted by Crippen LogP contribution is 2.32. The van der Waals surface area contributed by atoms with E-state index in [1.165, 1.54) is 32.8 Å². The minimum atomic E-state index is -0.345. The number of methoxy groups -OCH3 is 1. The highest BCUT2D eigenvalue weighted by Gasteiger charge is 2.21. The summed E-state index contributed by atoms with van der Waals surface area (Å²) >= 11 is 0. The highest BCUT2D eigenvalue weighted by molar-refractivity contribution is 5.90. The Labute approximate surface area is 105 Å². The Morgan fingerprint density at radius 3 is 2.94 bits per heavy atom. The number of aromatic nitrogens is 3. The van der Waals surface area contributed by atoms with Crippen molar-refractivity contribution in [3.05, 3.63) is 29.7 Å². The zero-order valence-corrected chi connectivity index (χ0v) is 10.3. The molecule has 5 nitrogen and oxygen atoms in total. The average molecular weight is 245 g/mol. The molecule has 0 saturated heterocycles. The van der Waals surface area contributed by atoms with E-state index in [0.717, 1.165) is 5.82 Å². The third-order valence-electron chi connectivity index (χ3n) is 3.50. The molecule has 0 N–H and O–H groups in total. The molecule has 2 aromatic rings. The van der Waals surface area contributed by atoms with Gasteiger partial charge in [0.15, 0.2) is 11.5 Å². The van der Waals surface area contributed by atoms with Crippen LogP contribution in [-0.4, -0.2) is 27.7 Å². The van der Waals surface area contributed by atoms with Crippen molar-refractivity contribution in [3.63, 3.8) is 0 Å². The van der Waals surface area contributed by atoms with Crippen LogP contribution in [0.15, 0.2) is 18.3 Å². The van der Waals surface area contributed by atoms with Gasteiger partial charge in [0.2, 0.25) is 0 Å². The van der Waals surface area contributed by atoms with Crippen LogP contribution in [0.4, 0.5) is 0 Å². The Bertz CT molecular complexity index is 585. The van der Waals surface area contributed by atoms with E-state index in [-0.39, 0.29) is 5.97 Å². The normalized spacial score (nSPS) is 16.3. The van der Waals surface area contributed by atoms with Crippen LogP contribution >= 0.6 is 0 Å². The molecule has 2 heterocycles. The molecule has 0 unspecified atom stereocenters. The molecule has 1 saturated carbocycles. The first-order valence-electron chi connectivity index (χ1n) is 6.22. The summed E-state index contributed by atoms with van der Waals surface area (Å²) < 4.78 is 6.42. The molecule has 5 heteroatoms. The van der Waals surface area contributed by atoms with Gasteiger partial charge in [0.25, 0.3) is 0 Å². The smallest absolute Gasteiger partial charge is 0.338 e. The van der Waals surface area contributed by atoms with Crippen LogP contribution in [0.5, 0.6) is 0 Å². The summed E-state index contributed by atoms with van der Waals surface area (Å²) in [5.74, 6) is 1.03. The van der Waals surface area contributed by atoms with Gasteiger partial charge in [-0.15, -0.1) is 0 Å². The molecule has 0 spiro atoms. The lowest BCUT2D eigenvalue weighted by molar-refractivity contribution is 0.0600. The van der Waals surface area contributed by atoms with Crippen LogP contribution in [0.3, 0.4) is 0 Å². The molecule has 0 atom stereocenters. The van der Waals surface area contributed by atoms with Crippen LogP contribution in [0.25, 0.3) is 5.65 Å². The molecule has 0 bridgehead atoms. The number of nitrogens with zero attached hydrogens (tertiary/aromatic N) is 3. The Balaban J connectivity index is 1.98. The van der Waals surface area contributed by atoms with Crippen LogP contribution in [-0.2, 0) is 4.74 Å². The maximum absolute atomic E-state index is 11.4. The van der Waals surface area contributed by atoms with E-state index in [1.807, 2.05) is 0 Å². The third-order valence-corrected chi connectivity index (χ3v) is 3.50. The molecule has 94 valence electrons. The van der Waals surface area contributed by atoms with Gasteiger partial charge in [-0.05, 0) is 25.0 Å². The van der Waals surface area contributed by atoms with Crippen LogP contribution in [0.1, 0.15) is 47.8 Å². The summed E-state index contributed by atoms with van der Waals surface area (Å²) in [5.41, 5.74) is 1.22. The zero-order valence-electron chi connectivity index (χ0n) is 10.3. The Kier molecular flexibility index (Phi) is 2.74. The number of esters is 1. The van der Waals surface area contributed by atoms with Crippen molar-refractivity contribution in [2.24, 2.45) is 0 Å². The van der Waals surface area contributed by atoms with Crippen LogP contribution < -0.4 is 0 Å². The number of fused-ring (bicyclic) bond motifs is 1. The molecule has 2 aromatic heterocycles. The van der Waals surface area contributed by atoms with E-state index in [9.17, 15) is 4.79 Å². The third kappa shape index (κ3) is 1.85. The largest absolute Gasteiger partial charge is 0.465 e. The second-order valence-corrected chi connectivity index (χ2v) is 4.66. The average Bonchev–Trinajstić information content (AvgIpc) is 3.04. The first kappa shape index (κ1) is 11.2. The van der Waals surface area contributed by atoms with E-state index >= 15 is 0 Å².